The molecule has 176 valence electrons. The number of hydrogen-bond donors (Lipinski definition) is 3. The number of amides is 2. The summed E-state index contributed by atoms with van der Waals surface area (Å²) in [4.78, 5) is 32.7. The molecule has 0 saturated carbocycles. The Morgan fingerprint density at radius 3 is 2.91 bits per heavy atom. The predicted molar refractivity (Wildman–Crippen MR) is 124 cm³/mol. The van der Waals surface area contributed by atoms with Crippen LogP contribution in [0.1, 0.15) is 60.6 Å². The van der Waals surface area contributed by atoms with Crippen molar-refractivity contribution in [2.75, 3.05) is 29.9 Å². The van der Waals surface area contributed by atoms with Gasteiger partial charge in [-0.25, -0.2) is 0 Å². The maximum absolute atomic E-state index is 13.1. The molecule has 2 saturated heterocycles. The van der Waals surface area contributed by atoms with E-state index in [1.807, 2.05) is 39.8 Å². The lowest BCUT2D eigenvalue weighted by molar-refractivity contribution is 0.0882. The summed E-state index contributed by atoms with van der Waals surface area (Å²) in [5.41, 5.74) is 0.536. The molecule has 2 amide bonds. The Morgan fingerprint density at radius 2 is 2.15 bits per heavy atom. The number of carbonyl (C=O) groups excluding carboxylic acids is 2. The lowest BCUT2D eigenvalue weighted by atomic mass is 9.91. The van der Waals surface area contributed by atoms with Crippen molar-refractivity contribution in [1.29, 1.82) is 0 Å². The average Bonchev–Trinajstić information content (AvgIpc) is 3.42. The van der Waals surface area contributed by atoms with E-state index in [0.29, 0.717) is 41.3 Å². The Hall–Kier alpha value is -3.07. The van der Waals surface area contributed by atoms with E-state index in [9.17, 15) is 9.59 Å². The second-order valence-corrected chi connectivity index (χ2v) is 10.1. The molecule has 0 aromatic carbocycles. The highest BCUT2D eigenvalue weighted by atomic mass is 16.5. The molecular weight excluding hydrogens is 422 g/mol. The highest BCUT2D eigenvalue weighted by Gasteiger charge is 2.38. The molecule has 33 heavy (non-hydrogen) atoms. The van der Waals surface area contributed by atoms with Crippen molar-refractivity contribution in [2.24, 2.45) is 5.92 Å². The van der Waals surface area contributed by atoms with Crippen molar-refractivity contribution >= 4 is 23.3 Å². The first-order chi connectivity index (χ1) is 15.7. The van der Waals surface area contributed by atoms with E-state index in [0.717, 1.165) is 25.5 Å². The Bertz CT molecular complexity index is 1080. The van der Waals surface area contributed by atoms with Crippen LogP contribution in [0.15, 0.2) is 22.8 Å². The number of carbonyl (C=O) groups is 2. The van der Waals surface area contributed by atoms with Crippen molar-refractivity contribution in [3.05, 3.63) is 35.3 Å². The molecule has 3 N–H and O–H groups in total. The summed E-state index contributed by atoms with van der Waals surface area (Å²) in [7, 11) is 0. The second-order valence-electron chi connectivity index (χ2n) is 10.1. The SMILES string of the molecule is CC(C)Oc1nc(N2C[C@H]3CCN[C@H]3C2)ccc1NC(=O)c1coc2c1C(=O)NC(C)(C)C2. The molecule has 0 aliphatic carbocycles. The van der Waals surface area contributed by atoms with Crippen molar-refractivity contribution in [3.8, 4) is 5.88 Å². The molecule has 9 heteroatoms. The second kappa shape index (κ2) is 8.06. The van der Waals surface area contributed by atoms with Crippen molar-refractivity contribution in [3.63, 3.8) is 0 Å². The topological polar surface area (TPSA) is 109 Å². The third-order valence-corrected chi connectivity index (χ3v) is 6.52. The van der Waals surface area contributed by atoms with Crippen LogP contribution in [0, 0.1) is 5.92 Å². The number of ether oxygens (including phenoxy) is 1. The van der Waals surface area contributed by atoms with Crippen LogP contribution in [0.3, 0.4) is 0 Å². The zero-order valence-electron chi connectivity index (χ0n) is 19.5. The lowest BCUT2D eigenvalue weighted by Crippen LogP contribution is -2.49. The van der Waals surface area contributed by atoms with Crippen LogP contribution in [0.2, 0.25) is 0 Å². The number of nitrogens with zero attached hydrogens (tertiary/aromatic N) is 2. The van der Waals surface area contributed by atoms with Crippen molar-refractivity contribution in [1.82, 2.24) is 15.6 Å². The molecule has 0 bridgehead atoms. The molecule has 2 aromatic heterocycles. The van der Waals surface area contributed by atoms with Crippen LogP contribution in [-0.4, -0.2) is 54.1 Å². The fourth-order valence-electron chi connectivity index (χ4n) is 5.00. The summed E-state index contributed by atoms with van der Waals surface area (Å²) in [5, 5.41) is 9.35. The number of rotatable bonds is 5. The van der Waals surface area contributed by atoms with Crippen LogP contribution < -0.4 is 25.6 Å². The van der Waals surface area contributed by atoms with Gasteiger partial charge in [0, 0.05) is 31.1 Å². The van der Waals surface area contributed by atoms with Gasteiger partial charge in [-0.15, -0.1) is 0 Å². The number of hydrogen-bond acceptors (Lipinski definition) is 7. The monoisotopic (exact) mass is 453 g/mol. The first-order valence-electron chi connectivity index (χ1n) is 11.6. The molecule has 0 radical (unpaired) electrons. The fourth-order valence-corrected chi connectivity index (χ4v) is 5.00. The fraction of sp³-hybridized carbons (Fsp3) is 0.542. The third-order valence-electron chi connectivity index (χ3n) is 6.52. The zero-order valence-corrected chi connectivity index (χ0v) is 19.5. The largest absolute Gasteiger partial charge is 0.473 e. The minimum Gasteiger partial charge on any atom is -0.473 e. The van der Waals surface area contributed by atoms with Gasteiger partial charge in [0.25, 0.3) is 11.8 Å². The molecular formula is C24H31N5O4. The van der Waals surface area contributed by atoms with Gasteiger partial charge >= 0.3 is 0 Å². The lowest BCUT2D eigenvalue weighted by Gasteiger charge is -2.29. The third kappa shape index (κ3) is 4.17. The molecule has 3 aliphatic heterocycles. The van der Waals surface area contributed by atoms with Crippen LogP contribution in [0.4, 0.5) is 11.5 Å². The van der Waals surface area contributed by atoms with Gasteiger partial charge in [0.1, 0.15) is 23.5 Å². The van der Waals surface area contributed by atoms with Crippen molar-refractivity contribution in [2.45, 2.75) is 58.2 Å². The molecule has 3 aliphatic rings. The smallest absolute Gasteiger partial charge is 0.259 e. The number of nitrogens with one attached hydrogen (secondary N) is 3. The minimum absolute atomic E-state index is 0.113. The summed E-state index contributed by atoms with van der Waals surface area (Å²) < 4.78 is 11.5. The molecule has 2 aromatic rings. The first-order valence-corrected chi connectivity index (χ1v) is 11.6. The van der Waals surface area contributed by atoms with E-state index in [4.69, 9.17) is 14.1 Å². The predicted octanol–water partition coefficient (Wildman–Crippen LogP) is 2.58. The van der Waals surface area contributed by atoms with Gasteiger partial charge in [0.2, 0.25) is 5.88 Å². The standard InChI is InChI=1S/C24H31N5O4/c1-13(2)33-23-16(5-6-19(27-23)29-10-14-7-8-25-17(14)11-29)26-21(30)15-12-32-18-9-24(3,4)28-22(31)20(15)18/h5-6,12-14,17,25H,7-11H2,1-4H3,(H,26,30)(H,28,31)/t14-,17+/m1/s1. The zero-order chi connectivity index (χ0) is 23.3. The van der Waals surface area contributed by atoms with E-state index in [2.05, 4.69) is 20.9 Å². The van der Waals surface area contributed by atoms with Crippen LogP contribution >= 0.6 is 0 Å². The Labute approximate surface area is 193 Å². The first kappa shape index (κ1) is 21.8. The molecule has 9 nitrogen and oxygen atoms in total. The Morgan fingerprint density at radius 1 is 1.33 bits per heavy atom. The quantitative estimate of drug-likeness (QED) is 0.638. The average molecular weight is 454 g/mol. The molecule has 0 unspecified atom stereocenters. The molecule has 2 atom stereocenters. The Kier molecular flexibility index (Phi) is 5.31. The Balaban J connectivity index is 1.39. The summed E-state index contributed by atoms with van der Waals surface area (Å²) in [6.45, 7) is 10.6. The highest BCUT2D eigenvalue weighted by Crippen LogP contribution is 2.33. The number of pyridine rings is 1. The molecule has 5 heterocycles. The van der Waals surface area contributed by atoms with Crippen molar-refractivity contribution < 1.29 is 18.7 Å². The van der Waals surface area contributed by atoms with Crippen LogP contribution in [-0.2, 0) is 6.42 Å². The number of furan rings is 1. The van der Waals surface area contributed by atoms with Gasteiger partial charge in [-0.3, -0.25) is 9.59 Å². The summed E-state index contributed by atoms with van der Waals surface area (Å²) in [5.74, 6) is 1.63. The van der Waals surface area contributed by atoms with Gasteiger partial charge in [-0.2, -0.15) is 4.98 Å². The van der Waals surface area contributed by atoms with Gasteiger partial charge in [-0.05, 0) is 58.7 Å². The minimum atomic E-state index is -0.432. The maximum atomic E-state index is 13.1. The summed E-state index contributed by atoms with van der Waals surface area (Å²) in [6, 6.07) is 4.23. The number of aromatic nitrogens is 1. The molecule has 0 spiro atoms. The normalized spacial score (nSPS) is 23.3. The van der Waals surface area contributed by atoms with E-state index >= 15 is 0 Å². The highest BCUT2D eigenvalue weighted by molar-refractivity contribution is 6.13. The van der Waals surface area contributed by atoms with Gasteiger partial charge in [-0.1, -0.05) is 0 Å². The van der Waals surface area contributed by atoms with E-state index in [1.165, 1.54) is 12.7 Å². The molecule has 5 rings (SSSR count). The number of anilines is 2. The summed E-state index contributed by atoms with van der Waals surface area (Å²) in [6.07, 6.45) is 2.94. The van der Waals surface area contributed by atoms with E-state index < -0.39 is 11.4 Å². The van der Waals surface area contributed by atoms with Gasteiger partial charge in [0.15, 0.2) is 0 Å². The van der Waals surface area contributed by atoms with Crippen LogP contribution in [0.5, 0.6) is 5.88 Å². The summed E-state index contributed by atoms with van der Waals surface area (Å²) >= 11 is 0. The van der Waals surface area contributed by atoms with Crippen LogP contribution in [0.25, 0.3) is 0 Å². The van der Waals surface area contributed by atoms with E-state index in [-0.39, 0.29) is 17.6 Å². The maximum Gasteiger partial charge on any atom is 0.259 e. The van der Waals surface area contributed by atoms with Gasteiger partial charge in [0.05, 0.1) is 17.2 Å². The van der Waals surface area contributed by atoms with Gasteiger partial charge < -0.3 is 30.0 Å². The molecule has 2 fully saturated rings. The number of fused-ring (bicyclic) bond motifs is 2. The van der Waals surface area contributed by atoms with E-state index in [1.54, 1.807) is 0 Å².